The Hall–Kier alpha value is -2.34. The van der Waals surface area contributed by atoms with Crippen LogP contribution in [0.25, 0.3) is 0 Å². The normalized spacial score (nSPS) is 10.4. The molecule has 0 radical (unpaired) electrons. The molecular weight excluding hydrogens is 256 g/mol. The fourth-order valence-electron chi connectivity index (χ4n) is 1.96. The van der Waals surface area contributed by atoms with Gasteiger partial charge in [0.15, 0.2) is 0 Å². The molecule has 1 amide bonds. The van der Waals surface area contributed by atoms with E-state index in [0.717, 1.165) is 5.56 Å². The molecule has 0 saturated carbocycles. The summed E-state index contributed by atoms with van der Waals surface area (Å²) in [5.41, 5.74) is 6.43. The fourth-order valence-corrected chi connectivity index (χ4v) is 1.96. The molecule has 0 aliphatic rings. The van der Waals surface area contributed by atoms with E-state index in [0.29, 0.717) is 26.1 Å². The maximum absolute atomic E-state index is 12.4. The molecule has 4 N–H and O–H groups in total. The largest absolute Gasteiger partial charge is 0.333 e. The standard InChI is InChI=1S/C14H18N4O2/c15-7-4-8-18(10-11-5-2-1-3-6-11)13(19)12-9-16-14(20)17-12/h1-3,5-6,9H,4,7-8,10,15H2,(H2,16,17,20). The third kappa shape index (κ3) is 3.58. The van der Waals surface area contributed by atoms with E-state index in [4.69, 9.17) is 5.73 Å². The first-order valence-corrected chi connectivity index (χ1v) is 6.51. The number of hydrogen-bond donors (Lipinski definition) is 3. The zero-order chi connectivity index (χ0) is 14.4. The second-order valence-electron chi connectivity index (χ2n) is 4.51. The van der Waals surface area contributed by atoms with Gasteiger partial charge in [0.1, 0.15) is 5.69 Å². The molecule has 0 aliphatic heterocycles. The van der Waals surface area contributed by atoms with Crippen LogP contribution >= 0.6 is 0 Å². The number of nitrogens with two attached hydrogens (primary N) is 1. The molecule has 0 atom stereocenters. The van der Waals surface area contributed by atoms with E-state index >= 15 is 0 Å². The van der Waals surface area contributed by atoms with Crippen molar-refractivity contribution in [3.63, 3.8) is 0 Å². The van der Waals surface area contributed by atoms with E-state index in [2.05, 4.69) is 9.97 Å². The van der Waals surface area contributed by atoms with Gasteiger partial charge in [-0.3, -0.25) is 4.79 Å². The van der Waals surface area contributed by atoms with Gasteiger partial charge in [0, 0.05) is 19.3 Å². The summed E-state index contributed by atoms with van der Waals surface area (Å²) < 4.78 is 0. The van der Waals surface area contributed by atoms with Gasteiger partial charge in [0.25, 0.3) is 5.91 Å². The van der Waals surface area contributed by atoms with Crippen molar-refractivity contribution in [2.45, 2.75) is 13.0 Å². The molecule has 2 rings (SSSR count). The molecular formula is C14H18N4O2. The number of rotatable bonds is 6. The number of hydrogen-bond acceptors (Lipinski definition) is 3. The molecule has 1 aromatic heterocycles. The molecule has 0 unspecified atom stereocenters. The first-order valence-electron chi connectivity index (χ1n) is 6.51. The summed E-state index contributed by atoms with van der Waals surface area (Å²) in [6, 6.07) is 9.71. The topological polar surface area (TPSA) is 95.0 Å². The quantitative estimate of drug-likeness (QED) is 0.723. The van der Waals surface area contributed by atoms with Crippen LogP contribution in [0.3, 0.4) is 0 Å². The smallest absolute Gasteiger partial charge is 0.323 e. The van der Waals surface area contributed by atoms with Crippen molar-refractivity contribution in [2.24, 2.45) is 5.73 Å². The number of H-pyrrole nitrogens is 2. The number of aromatic amines is 2. The molecule has 106 valence electrons. The van der Waals surface area contributed by atoms with Gasteiger partial charge in [0.05, 0.1) is 0 Å². The predicted octanol–water partition coefficient (Wildman–Crippen LogP) is 0.694. The molecule has 1 heterocycles. The Morgan fingerprint density at radius 1 is 1.25 bits per heavy atom. The highest BCUT2D eigenvalue weighted by Crippen LogP contribution is 2.08. The maximum Gasteiger partial charge on any atom is 0.323 e. The van der Waals surface area contributed by atoms with Gasteiger partial charge in [-0.2, -0.15) is 0 Å². The third-order valence-electron chi connectivity index (χ3n) is 2.96. The summed E-state index contributed by atoms with van der Waals surface area (Å²) >= 11 is 0. The molecule has 6 nitrogen and oxygen atoms in total. The molecule has 0 bridgehead atoms. The van der Waals surface area contributed by atoms with Crippen LogP contribution in [0.15, 0.2) is 41.3 Å². The van der Waals surface area contributed by atoms with E-state index in [9.17, 15) is 9.59 Å². The first kappa shape index (κ1) is 14.1. The lowest BCUT2D eigenvalue weighted by Gasteiger charge is -2.21. The van der Waals surface area contributed by atoms with Crippen LogP contribution in [-0.4, -0.2) is 33.9 Å². The molecule has 20 heavy (non-hydrogen) atoms. The highest BCUT2D eigenvalue weighted by atomic mass is 16.2. The number of nitrogens with one attached hydrogen (secondary N) is 2. The fraction of sp³-hybridized carbons (Fsp3) is 0.286. The van der Waals surface area contributed by atoms with E-state index < -0.39 is 0 Å². The van der Waals surface area contributed by atoms with E-state index in [1.54, 1.807) is 4.90 Å². The molecule has 0 saturated heterocycles. The van der Waals surface area contributed by atoms with Gasteiger partial charge in [-0.05, 0) is 18.5 Å². The summed E-state index contributed by atoms with van der Waals surface area (Å²) in [6.45, 7) is 1.56. The predicted molar refractivity (Wildman–Crippen MR) is 76.3 cm³/mol. The number of aromatic nitrogens is 2. The van der Waals surface area contributed by atoms with Crippen molar-refractivity contribution in [3.05, 3.63) is 58.3 Å². The molecule has 2 aromatic rings. The van der Waals surface area contributed by atoms with Crippen LogP contribution in [0.1, 0.15) is 22.5 Å². The number of carbonyl (C=O) groups excluding carboxylic acids is 1. The second-order valence-corrected chi connectivity index (χ2v) is 4.51. The lowest BCUT2D eigenvalue weighted by atomic mass is 10.2. The summed E-state index contributed by atoms with van der Waals surface area (Å²) in [7, 11) is 0. The highest BCUT2D eigenvalue weighted by Gasteiger charge is 2.17. The van der Waals surface area contributed by atoms with Gasteiger partial charge in [-0.25, -0.2) is 4.79 Å². The Morgan fingerprint density at radius 3 is 2.60 bits per heavy atom. The van der Waals surface area contributed by atoms with Crippen molar-refractivity contribution in [1.29, 1.82) is 0 Å². The van der Waals surface area contributed by atoms with Crippen molar-refractivity contribution in [3.8, 4) is 0 Å². The van der Waals surface area contributed by atoms with Crippen LogP contribution in [0, 0.1) is 0 Å². The summed E-state index contributed by atoms with van der Waals surface area (Å²) in [4.78, 5) is 30.1. The van der Waals surface area contributed by atoms with E-state index in [1.165, 1.54) is 6.20 Å². The minimum atomic E-state index is -0.383. The number of nitrogens with zero attached hydrogens (tertiary/aromatic N) is 1. The molecule has 0 aliphatic carbocycles. The SMILES string of the molecule is NCCCN(Cc1ccccc1)C(=O)c1c[nH]c(=O)[nH]1. The zero-order valence-corrected chi connectivity index (χ0v) is 11.1. The van der Waals surface area contributed by atoms with Gasteiger partial charge in [-0.15, -0.1) is 0 Å². The van der Waals surface area contributed by atoms with Crippen molar-refractivity contribution in [2.75, 3.05) is 13.1 Å². The van der Waals surface area contributed by atoms with Crippen LogP contribution < -0.4 is 11.4 Å². The lowest BCUT2D eigenvalue weighted by molar-refractivity contribution is 0.0736. The van der Waals surface area contributed by atoms with E-state index in [1.807, 2.05) is 30.3 Å². The number of imidazole rings is 1. The first-order chi connectivity index (χ1) is 9.70. The van der Waals surface area contributed by atoms with Crippen molar-refractivity contribution >= 4 is 5.91 Å². The Balaban J connectivity index is 2.14. The Kier molecular flexibility index (Phi) is 4.73. The molecule has 6 heteroatoms. The van der Waals surface area contributed by atoms with Crippen molar-refractivity contribution < 1.29 is 4.79 Å². The van der Waals surface area contributed by atoms with Gasteiger partial charge >= 0.3 is 5.69 Å². The van der Waals surface area contributed by atoms with E-state index in [-0.39, 0.29) is 17.3 Å². The highest BCUT2D eigenvalue weighted by molar-refractivity contribution is 5.92. The average Bonchev–Trinajstić information content (AvgIpc) is 2.90. The minimum absolute atomic E-state index is 0.208. The van der Waals surface area contributed by atoms with Gasteiger partial charge in [0.2, 0.25) is 0 Å². The van der Waals surface area contributed by atoms with Crippen molar-refractivity contribution in [1.82, 2.24) is 14.9 Å². The van der Waals surface area contributed by atoms with Crippen LogP contribution in [0.2, 0.25) is 0 Å². The van der Waals surface area contributed by atoms with Crippen LogP contribution in [-0.2, 0) is 6.54 Å². The summed E-state index contributed by atoms with van der Waals surface area (Å²) in [5.74, 6) is -0.208. The number of benzene rings is 1. The number of amides is 1. The molecule has 0 fully saturated rings. The summed E-state index contributed by atoms with van der Waals surface area (Å²) in [6.07, 6.45) is 2.11. The average molecular weight is 274 g/mol. The monoisotopic (exact) mass is 274 g/mol. The Bertz CT molecular complexity index is 603. The summed E-state index contributed by atoms with van der Waals surface area (Å²) in [5, 5.41) is 0. The Labute approximate surface area is 116 Å². The second kappa shape index (κ2) is 6.72. The Morgan fingerprint density at radius 2 is 2.00 bits per heavy atom. The van der Waals surface area contributed by atoms with Crippen LogP contribution in [0.5, 0.6) is 0 Å². The van der Waals surface area contributed by atoms with Gasteiger partial charge < -0.3 is 20.6 Å². The number of carbonyl (C=O) groups is 1. The molecule has 1 aromatic carbocycles. The molecule has 0 spiro atoms. The lowest BCUT2D eigenvalue weighted by Crippen LogP contribution is -2.33. The maximum atomic E-state index is 12.4. The minimum Gasteiger partial charge on any atom is -0.333 e. The third-order valence-corrected chi connectivity index (χ3v) is 2.96. The van der Waals surface area contributed by atoms with Gasteiger partial charge in [-0.1, -0.05) is 30.3 Å². The zero-order valence-electron chi connectivity index (χ0n) is 11.1. The van der Waals surface area contributed by atoms with Crippen LogP contribution in [0.4, 0.5) is 0 Å².